The number of nitrogens with two attached hydrogens (primary N) is 1. The van der Waals surface area contributed by atoms with Gasteiger partial charge in [0.15, 0.2) is 0 Å². The number of hydrogen-bond donors (Lipinski definition) is 1. The summed E-state index contributed by atoms with van der Waals surface area (Å²) in [7, 11) is 0. The number of aromatic nitrogens is 2. The van der Waals surface area contributed by atoms with Gasteiger partial charge in [-0.2, -0.15) is 5.10 Å². The molecular formula is C15H21ClN4. The number of hydrogen-bond acceptors (Lipinski definition) is 3. The average Bonchev–Trinajstić information content (AvgIpc) is 2.99. The molecule has 2 aromatic rings. The van der Waals surface area contributed by atoms with Crippen LogP contribution in [0.2, 0.25) is 0 Å². The maximum absolute atomic E-state index is 6.08. The third-order valence-corrected chi connectivity index (χ3v) is 3.85. The Balaban J connectivity index is 0.00000147. The van der Waals surface area contributed by atoms with Crippen molar-refractivity contribution < 1.29 is 0 Å². The summed E-state index contributed by atoms with van der Waals surface area (Å²) in [5.41, 5.74) is 8.41. The number of halogens is 1. The SMILES string of the molecule is CC1CN(Cc2ccnn2-c2ccccc2)CC1N.Cl. The Morgan fingerprint density at radius 3 is 2.60 bits per heavy atom. The Kier molecular flexibility index (Phi) is 4.81. The van der Waals surface area contributed by atoms with Crippen molar-refractivity contribution in [3.05, 3.63) is 48.3 Å². The van der Waals surface area contributed by atoms with Crippen molar-refractivity contribution in [1.82, 2.24) is 14.7 Å². The molecule has 1 aromatic heterocycles. The molecule has 1 aliphatic rings. The molecule has 0 bridgehead atoms. The van der Waals surface area contributed by atoms with Crippen LogP contribution in [0.1, 0.15) is 12.6 Å². The molecule has 4 nitrogen and oxygen atoms in total. The molecule has 2 atom stereocenters. The fraction of sp³-hybridized carbons (Fsp3) is 0.400. The first kappa shape index (κ1) is 15.0. The molecule has 2 heterocycles. The first-order valence-electron chi connectivity index (χ1n) is 6.80. The molecule has 1 aliphatic heterocycles. The zero-order chi connectivity index (χ0) is 13.2. The average molecular weight is 293 g/mol. The molecule has 20 heavy (non-hydrogen) atoms. The summed E-state index contributed by atoms with van der Waals surface area (Å²) < 4.78 is 2.01. The molecule has 108 valence electrons. The van der Waals surface area contributed by atoms with Gasteiger partial charge in [0.05, 0.1) is 11.4 Å². The van der Waals surface area contributed by atoms with Crippen molar-refractivity contribution in [2.75, 3.05) is 13.1 Å². The molecule has 0 amide bonds. The summed E-state index contributed by atoms with van der Waals surface area (Å²) in [4.78, 5) is 2.41. The van der Waals surface area contributed by atoms with Crippen LogP contribution in [0.15, 0.2) is 42.6 Å². The van der Waals surface area contributed by atoms with Crippen LogP contribution in [-0.4, -0.2) is 33.8 Å². The molecule has 5 heteroatoms. The Labute approximate surface area is 126 Å². The van der Waals surface area contributed by atoms with E-state index in [-0.39, 0.29) is 12.4 Å². The highest BCUT2D eigenvalue weighted by Crippen LogP contribution is 2.18. The van der Waals surface area contributed by atoms with E-state index in [1.807, 2.05) is 29.1 Å². The third-order valence-electron chi connectivity index (χ3n) is 3.85. The highest BCUT2D eigenvalue weighted by molar-refractivity contribution is 5.85. The van der Waals surface area contributed by atoms with Gasteiger partial charge >= 0.3 is 0 Å². The number of likely N-dealkylation sites (tertiary alicyclic amines) is 1. The van der Waals surface area contributed by atoms with Crippen molar-refractivity contribution in [2.45, 2.75) is 19.5 Å². The quantitative estimate of drug-likeness (QED) is 0.942. The van der Waals surface area contributed by atoms with Crippen molar-refractivity contribution >= 4 is 12.4 Å². The lowest BCUT2D eigenvalue weighted by Crippen LogP contribution is -2.28. The van der Waals surface area contributed by atoms with Crippen LogP contribution in [0.4, 0.5) is 0 Å². The Bertz CT molecular complexity index is 530. The van der Waals surface area contributed by atoms with Gasteiger partial charge in [-0.3, -0.25) is 4.90 Å². The number of benzene rings is 1. The summed E-state index contributed by atoms with van der Waals surface area (Å²) >= 11 is 0. The lowest BCUT2D eigenvalue weighted by atomic mass is 10.1. The monoisotopic (exact) mass is 292 g/mol. The molecule has 0 radical (unpaired) electrons. The van der Waals surface area contributed by atoms with Crippen molar-refractivity contribution in [3.63, 3.8) is 0 Å². The second kappa shape index (κ2) is 6.39. The topological polar surface area (TPSA) is 47.1 Å². The highest BCUT2D eigenvalue weighted by atomic mass is 35.5. The second-order valence-corrected chi connectivity index (χ2v) is 5.41. The maximum atomic E-state index is 6.08. The molecule has 1 fully saturated rings. The molecule has 2 unspecified atom stereocenters. The first-order chi connectivity index (χ1) is 9.24. The predicted octanol–water partition coefficient (Wildman–Crippen LogP) is 2.07. The number of rotatable bonds is 3. The maximum Gasteiger partial charge on any atom is 0.0649 e. The summed E-state index contributed by atoms with van der Waals surface area (Å²) in [6.07, 6.45) is 1.86. The van der Waals surface area contributed by atoms with Gasteiger partial charge in [0.25, 0.3) is 0 Å². The Hall–Kier alpha value is -1.36. The van der Waals surface area contributed by atoms with E-state index in [1.54, 1.807) is 0 Å². The molecule has 0 saturated carbocycles. The lowest BCUT2D eigenvalue weighted by Gasteiger charge is -2.16. The second-order valence-electron chi connectivity index (χ2n) is 5.41. The molecule has 0 aliphatic carbocycles. The van der Waals surface area contributed by atoms with Crippen molar-refractivity contribution in [2.24, 2.45) is 11.7 Å². The molecule has 2 N–H and O–H groups in total. The van der Waals surface area contributed by atoms with Gasteiger partial charge in [0, 0.05) is 31.9 Å². The van der Waals surface area contributed by atoms with Crippen LogP contribution in [0.5, 0.6) is 0 Å². The van der Waals surface area contributed by atoms with Gasteiger partial charge in [-0.15, -0.1) is 12.4 Å². The minimum atomic E-state index is 0. The fourth-order valence-corrected chi connectivity index (χ4v) is 2.71. The van der Waals surface area contributed by atoms with E-state index in [0.29, 0.717) is 12.0 Å². The summed E-state index contributed by atoms with van der Waals surface area (Å²) in [6, 6.07) is 12.6. The van der Waals surface area contributed by atoms with Crippen LogP contribution < -0.4 is 5.73 Å². The summed E-state index contributed by atoms with van der Waals surface area (Å²) in [5.74, 6) is 0.577. The van der Waals surface area contributed by atoms with Gasteiger partial charge in [-0.25, -0.2) is 4.68 Å². The van der Waals surface area contributed by atoms with Gasteiger partial charge in [0.2, 0.25) is 0 Å². The molecule has 0 spiro atoms. The smallest absolute Gasteiger partial charge is 0.0649 e. The van der Waals surface area contributed by atoms with E-state index in [2.05, 4.69) is 35.1 Å². The van der Waals surface area contributed by atoms with Crippen LogP contribution in [0.25, 0.3) is 5.69 Å². The zero-order valence-corrected chi connectivity index (χ0v) is 12.5. The van der Waals surface area contributed by atoms with Gasteiger partial charge < -0.3 is 5.73 Å². The molecule has 1 saturated heterocycles. The van der Waals surface area contributed by atoms with Gasteiger partial charge in [-0.05, 0) is 24.1 Å². The zero-order valence-electron chi connectivity index (χ0n) is 11.6. The molecule has 1 aromatic carbocycles. The molecule has 3 rings (SSSR count). The molecular weight excluding hydrogens is 272 g/mol. The Morgan fingerprint density at radius 2 is 1.95 bits per heavy atom. The Morgan fingerprint density at radius 1 is 1.20 bits per heavy atom. The predicted molar refractivity (Wildman–Crippen MR) is 83.2 cm³/mol. The van der Waals surface area contributed by atoms with Crippen molar-refractivity contribution in [3.8, 4) is 5.69 Å². The first-order valence-corrected chi connectivity index (χ1v) is 6.80. The lowest BCUT2D eigenvalue weighted by molar-refractivity contribution is 0.312. The van der Waals surface area contributed by atoms with E-state index in [0.717, 1.165) is 25.3 Å². The van der Waals surface area contributed by atoms with Gasteiger partial charge in [0.1, 0.15) is 0 Å². The summed E-state index contributed by atoms with van der Waals surface area (Å²) in [5, 5.41) is 4.43. The van der Waals surface area contributed by atoms with Crippen LogP contribution in [0.3, 0.4) is 0 Å². The fourth-order valence-electron chi connectivity index (χ4n) is 2.71. The van der Waals surface area contributed by atoms with E-state index in [1.165, 1.54) is 5.69 Å². The van der Waals surface area contributed by atoms with E-state index >= 15 is 0 Å². The van der Waals surface area contributed by atoms with E-state index < -0.39 is 0 Å². The minimum Gasteiger partial charge on any atom is -0.326 e. The summed E-state index contributed by atoms with van der Waals surface area (Å²) in [6.45, 7) is 5.17. The number of nitrogens with zero attached hydrogens (tertiary/aromatic N) is 3. The van der Waals surface area contributed by atoms with Gasteiger partial charge in [-0.1, -0.05) is 25.1 Å². The normalized spacial score (nSPS) is 22.7. The van der Waals surface area contributed by atoms with Crippen LogP contribution in [-0.2, 0) is 6.54 Å². The number of para-hydroxylation sites is 1. The van der Waals surface area contributed by atoms with Crippen molar-refractivity contribution in [1.29, 1.82) is 0 Å². The van der Waals surface area contributed by atoms with Crippen LogP contribution >= 0.6 is 12.4 Å². The standard InChI is InChI=1S/C15H20N4.ClH/c1-12-9-18(11-15(12)16)10-14-7-8-17-19(14)13-5-3-2-4-6-13;/h2-8,12,15H,9-11,16H2,1H3;1H. The minimum absolute atomic E-state index is 0. The highest BCUT2D eigenvalue weighted by Gasteiger charge is 2.26. The van der Waals surface area contributed by atoms with E-state index in [9.17, 15) is 0 Å². The third kappa shape index (κ3) is 3.03. The largest absolute Gasteiger partial charge is 0.326 e. The van der Waals surface area contributed by atoms with E-state index in [4.69, 9.17) is 5.73 Å². The van der Waals surface area contributed by atoms with Crippen LogP contribution in [0, 0.1) is 5.92 Å².